The number of fused-ring (bicyclic) bond motifs is 3. The molecule has 0 spiro atoms. The summed E-state index contributed by atoms with van der Waals surface area (Å²) < 4.78 is 0. The molecular formula is C26H32N4O2. The molecule has 2 aromatic heterocycles. The molecule has 1 saturated carbocycles. The lowest BCUT2D eigenvalue weighted by Crippen LogP contribution is -2.44. The minimum Gasteiger partial charge on any atom is -0.356 e. The molecule has 168 valence electrons. The summed E-state index contributed by atoms with van der Waals surface area (Å²) in [6.45, 7) is 4.85. The molecule has 1 amide bonds. The molecule has 0 unspecified atom stereocenters. The predicted molar refractivity (Wildman–Crippen MR) is 126 cm³/mol. The maximum Gasteiger partial charge on any atom is 0.345 e. The van der Waals surface area contributed by atoms with Crippen LogP contribution in [0.5, 0.6) is 0 Å². The van der Waals surface area contributed by atoms with Crippen LogP contribution in [0.25, 0.3) is 10.9 Å². The van der Waals surface area contributed by atoms with Gasteiger partial charge in [-0.25, -0.2) is 4.79 Å². The summed E-state index contributed by atoms with van der Waals surface area (Å²) in [4.78, 5) is 38.5. The van der Waals surface area contributed by atoms with Crippen molar-refractivity contribution in [2.24, 2.45) is 11.8 Å². The van der Waals surface area contributed by atoms with E-state index in [2.05, 4.69) is 53.1 Å². The standard InChI is InChI=1S/C26H32N4O2/c1-16(2)14-18-15-22(29-26(32)27-18)25(31)30-13-12-20-19-10-6-7-11-21(19)28-23(20)24(30)17-8-4-3-5-9-17/h6-7,10-11,15-17,24,28H,3-5,8-9,12-14H2,1-2H3,(H,27,29,32)/t24-/m0/s1. The van der Waals surface area contributed by atoms with Crippen LogP contribution in [0.3, 0.4) is 0 Å². The lowest BCUT2D eigenvalue weighted by atomic mass is 9.79. The van der Waals surface area contributed by atoms with Gasteiger partial charge in [-0.1, -0.05) is 51.3 Å². The summed E-state index contributed by atoms with van der Waals surface area (Å²) in [6, 6.07) is 10.2. The SMILES string of the molecule is CC(C)Cc1cc(C(=O)N2CCc3c([nH]c4ccccc34)[C@@H]2C2CCCCC2)nc(=O)[nH]1. The lowest BCUT2D eigenvalue weighted by molar-refractivity contribution is 0.0527. The highest BCUT2D eigenvalue weighted by molar-refractivity contribution is 5.93. The molecule has 6 nitrogen and oxygen atoms in total. The van der Waals surface area contributed by atoms with Gasteiger partial charge in [0.1, 0.15) is 5.69 Å². The Kier molecular flexibility index (Phi) is 5.62. The van der Waals surface area contributed by atoms with Crippen LogP contribution in [0.1, 0.15) is 79.4 Å². The Morgan fingerprint density at radius 2 is 1.94 bits per heavy atom. The monoisotopic (exact) mass is 432 g/mol. The molecule has 6 heteroatoms. The highest BCUT2D eigenvalue weighted by atomic mass is 16.2. The second-order valence-electron chi connectivity index (χ2n) is 9.85. The molecule has 0 bridgehead atoms. The minimum absolute atomic E-state index is 0.00795. The van der Waals surface area contributed by atoms with Crippen molar-refractivity contribution in [1.82, 2.24) is 19.9 Å². The first kappa shape index (κ1) is 21.0. The van der Waals surface area contributed by atoms with Crippen LogP contribution in [0.15, 0.2) is 35.1 Å². The highest BCUT2D eigenvalue weighted by Crippen LogP contribution is 2.44. The van der Waals surface area contributed by atoms with Crippen molar-refractivity contribution in [3.8, 4) is 0 Å². The van der Waals surface area contributed by atoms with Crippen molar-refractivity contribution in [2.75, 3.05) is 6.54 Å². The van der Waals surface area contributed by atoms with Crippen LogP contribution < -0.4 is 5.69 Å². The van der Waals surface area contributed by atoms with Gasteiger partial charge in [-0.2, -0.15) is 4.98 Å². The first-order valence-electron chi connectivity index (χ1n) is 12.0. The molecular weight excluding hydrogens is 400 g/mol. The van der Waals surface area contributed by atoms with Crippen LogP contribution in [0.2, 0.25) is 0 Å². The van der Waals surface area contributed by atoms with Gasteiger partial charge < -0.3 is 14.9 Å². The Hall–Kier alpha value is -2.89. The van der Waals surface area contributed by atoms with E-state index in [0.29, 0.717) is 18.4 Å². The van der Waals surface area contributed by atoms with E-state index in [4.69, 9.17) is 0 Å². The summed E-state index contributed by atoms with van der Waals surface area (Å²) in [5.41, 5.74) is 4.28. The molecule has 3 heterocycles. The molecule has 1 aromatic carbocycles. The normalized spacial score (nSPS) is 19.5. The van der Waals surface area contributed by atoms with Crippen molar-refractivity contribution >= 4 is 16.8 Å². The van der Waals surface area contributed by atoms with Gasteiger partial charge in [0.15, 0.2) is 0 Å². The fourth-order valence-corrected chi connectivity index (χ4v) is 5.75. The third-order valence-corrected chi connectivity index (χ3v) is 7.09. The fourth-order valence-electron chi connectivity index (χ4n) is 5.75. The summed E-state index contributed by atoms with van der Waals surface area (Å²) in [5.74, 6) is 0.688. The molecule has 3 aromatic rings. The number of amides is 1. The van der Waals surface area contributed by atoms with E-state index in [1.807, 2.05) is 4.90 Å². The van der Waals surface area contributed by atoms with Gasteiger partial charge in [0.25, 0.3) is 5.91 Å². The molecule has 2 aliphatic rings. The highest BCUT2D eigenvalue weighted by Gasteiger charge is 2.39. The first-order chi connectivity index (χ1) is 15.5. The zero-order chi connectivity index (χ0) is 22.2. The molecule has 1 aliphatic carbocycles. The van der Waals surface area contributed by atoms with Gasteiger partial charge in [0.05, 0.1) is 6.04 Å². The smallest absolute Gasteiger partial charge is 0.345 e. The van der Waals surface area contributed by atoms with Crippen molar-refractivity contribution in [2.45, 2.75) is 64.8 Å². The molecule has 1 atom stereocenters. The van der Waals surface area contributed by atoms with Crippen LogP contribution in [0, 0.1) is 11.8 Å². The summed E-state index contributed by atoms with van der Waals surface area (Å²) in [6.07, 6.45) is 7.48. The number of para-hydroxylation sites is 1. The van der Waals surface area contributed by atoms with E-state index in [1.54, 1.807) is 6.07 Å². The number of aromatic nitrogens is 3. The second-order valence-corrected chi connectivity index (χ2v) is 9.85. The van der Waals surface area contributed by atoms with E-state index in [1.165, 1.54) is 35.9 Å². The van der Waals surface area contributed by atoms with Crippen LogP contribution >= 0.6 is 0 Å². The topological polar surface area (TPSA) is 81.8 Å². The van der Waals surface area contributed by atoms with E-state index < -0.39 is 5.69 Å². The number of hydrogen-bond donors (Lipinski definition) is 2. The Balaban J connectivity index is 1.56. The number of benzene rings is 1. The Bertz CT molecular complexity index is 1190. The van der Waals surface area contributed by atoms with Crippen molar-refractivity contribution in [1.29, 1.82) is 0 Å². The van der Waals surface area contributed by atoms with Gasteiger partial charge in [0.2, 0.25) is 0 Å². The van der Waals surface area contributed by atoms with E-state index >= 15 is 0 Å². The largest absolute Gasteiger partial charge is 0.356 e. The maximum absolute atomic E-state index is 13.8. The number of carbonyl (C=O) groups excluding carboxylic acids is 1. The van der Waals surface area contributed by atoms with Gasteiger partial charge in [0, 0.05) is 28.8 Å². The van der Waals surface area contributed by atoms with E-state index in [-0.39, 0.29) is 17.6 Å². The van der Waals surface area contributed by atoms with Gasteiger partial charge in [-0.15, -0.1) is 0 Å². The third kappa shape index (κ3) is 3.87. The molecule has 0 radical (unpaired) electrons. The zero-order valence-electron chi connectivity index (χ0n) is 19.0. The Morgan fingerprint density at radius 3 is 2.72 bits per heavy atom. The average Bonchev–Trinajstić information content (AvgIpc) is 3.16. The Morgan fingerprint density at radius 1 is 1.16 bits per heavy atom. The Labute approximate surface area is 188 Å². The third-order valence-electron chi connectivity index (χ3n) is 7.09. The number of carbonyl (C=O) groups is 1. The average molecular weight is 433 g/mol. The van der Waals surface area contributed by atoms with Crippen molar-refractivity contribution < 1.29 is 4.79 Å². The lowest BCUT2D eigenvalue weighted by Gasteiger charge is -2.41. The number of aromatic amines is 2. The summed E-state index contributed by atoms with van der Waals surface area (Å²) >= 11 is 0. The molecule has 0 saturated heterocycles. The van der Waals surface area contributed by atoms with Gasteiger partial charge in [-0.3, -0.25) is 4.79 Å². The maximum atomic E-state index is 13.8. The van der Waals surface area contributed by atoms with Crippen molar-refractivity contribution in [3.05, 3.63) is 63.5 Å². The van der Waals surface area contributed by atoms with Crippen LogP contribution in [-0.4, -0.2) is 32.3 Å². The molecule has 32 heavy (non-hydrogen) atoms. The van der Waals surface area contributed by atoms with Crippen LogP contribution in [-0.2, 0) is 12.8 Å². The number of hydrogen-bond acceptors (Lipinski definition) is 3. The molecule has 1 fully saturated rings. The minimum atomic E-state index is -0.441. The predicted octanol–water partition coefficient (Wildman–Crippen LogP) is 4.77. The first-order valence-corrected chi connectivity index (χ1v) is 12.0. The molecule has 1 aliphatic heterocycles. The van der Waals surface area contributed by atoms with Gasteiger partial charge in [-0.05, 0) is 55.2 Å². The number of nitrogens with one attached hydrogen (secondary N) is 2. The molecule has 5 rings (SSSR count). The summed E-state index contributed by atoms with van der Waals surface area (Å²) in [7, 11) is 0. The number of nitrogens with zero attached hydrogens (tertiary/aromatic N) is 2. The second kappa shape index (κ2) is 8.57. The summed E-state index contributed by atoms with van der Waals surface area (Å²) in [5, 5.41) is 1.27. The molecule has 2 N–H and O–H groups in total. The number of rotatable bonds is 4. The van der Waals surface area contributed by atoms with Crippen molar-refractivity contribution in [3.63, 3.8) is 0 Å². The quantitative estimate of drug-likeness (QED) is 0.623. The van der Waals surface area contributed by atoms with E-state index in [9.17, 15) is 9.59 Å². The van der Waals surface area contributed by atoms with Gasteiger partial charge >= 0.3 is 5.69 Å². The fraction of sp³-hybridized carbons (Fsp3) is 0.500. The van der Waals surface area contributed by atoms with E-state index in [0.717, 1.165) is 36.9 Å². The number of H-pyrrole nitrogens is 2. The van der Waals surface area contributed by atoms with Crippen LogP contribution in [0.4, 0.5) is 0 Å². The zero-order valence-corrected chi connectivity index (χ0v) is 19.0.